The van der Waals surface area contributed by atoms with Crippen LogP contribution in [0.25, 0.3) is 21.9 Å². The molecule has 4 rings (SSSR count). The number of hydrogen-bond acceptors (Lipinski definition) is 3. The fourth-order valence-electron chi connectivity index (χ4n) is 3.69. The molecule has 0 saturated carbocycles. The molecule has 0 aliphatic heterocycles. The molecule has 0 N–H and O–H groups in total. The van der Waals surface area contributed by atoms with E-state index >= 15 is 0 Å². The van der Waals surface area contributed by atoms with Crippen molar-refractivity contribution in [1.29, 1.82) is 0 Å². The third kappa shape index (κ3) is 1.63. The van der Waals surface area contributed by atoms with Crippen LogP contribution in [0, 0.1) is 6.92 Å². The molecular formula is C18H18O3. The van der Waals surface area contributed by atoms with E-state index in [0.29, 0.717) is 16.6 Å². The van der Waals surface area contributed by atoms with Crippen LogP contribution in [0.5, 0.6) is 0 Å². The molecule has 2 heterocycles. The Balaban J connectivity index is 2.19. The lowest BCUT2D eigenvalue weighted by Gasteiger charge is -2.32. The van der Waals surface area contributed by atoms with E-state index in [1.165, 1.54) is 11.1 Å². The Kier molecular flexibility index (Phi) is 2.42. The Morgan fingerprint density at radius 1 is 1.19 bits per heavy atom. The summed E-state index contributed by atoms with van der Waals surface area (Å²) in [5.74, 6) is 0. The molecule has 1 aliphatic rings. The zero-order valence-electron chi connectivity index (χ0n) is 12.6. The van der Waals surface area contributed by atoms with Gasteiger partial charge in [-0.05, 0) is 48.8 Å². The Bertz CT molecular complexity index is 925. The highest BCUT2D eigenvalue weighted by Gasteiger charge is 2.30. The first-order valence-electron chi connectivity index (χ1n) is 7.46. The standard InChI is InChI=1S/C18H18O3/c1-10-9-20-16-12-6-7-13-11(5-4-8-18(13,2)3)15(12)21-17(19)14(10)16/h6-7,9H,4-5,8H2,1-3H3. The molecule has 0 fully saturated rings. The molecular weight excluding hydrogens is 264 g/mol. The van der Waals surface area contributed by atoms with Gasteiger partial charge in [0.15, 0.2) is 5.58 Å². The summed E-state index contributed by atoms with van der Waals surface area (Å²) in [6.45, 7) is 6.38. The lowest BCUT2D eigenvalue weighted by Crippen LogP contribution is -2.24. The minimum Gasteiger partial charge on any atom is -0.463 e. The first kappa shape index (κ1) is 12.7. The van der Waals surface area contributed by atoms with Crippen LogP contribution < -0.4 is 5.63 Å². The second-order valence-electron chi connectivity index (χ2n) is 6.72. The van der Waals surface area contributed by atoms with Crippen molar-refractivity contribution in [3.05, 3.63) is 45.5 Å². The van der Waals surface area contributed by atoms with E-state index in [0.717, 1.165) is 30.2 Å². The zero-order valence-corrected chi connectivity index (χ0v) is 12.6. The summed E-state index contributed by atoms with van der Waals surface area (Å²) in [5.41, 5.74) is 4.52. The van der Waals surface area contributed by atoms with Crippen molar-refractivity contribution in [3.8, 4) is 0 Å². The van der Waals surface area contributed by atoms with Crippen LogP contribution in [-0.4, -0.2) is 0 Å². The van der Waals surface area contributed by atoms with Crippen LogP contribution in [0.4, 0.5) is 0 Å². The Labute approximate surface area is 122 Å². The van der Waals surface area contributed by atoms with E-state index in [4.69, 9.17) is 8.83 Å². The molecule has 3 heteroatoms. The predicted octanol–water partition coefficient (Wildman–Crippen LogP) is 4.46. The molecule has 0 saturated heterocycles. The summed E-state index contributed by atoms with van der Waals surface area (Å²) in [6.07, 6.45) is 4.88. The number of fused-ring (bicyclic) bond motifs is 5. The van der Waals surface area contributed by atoms with E-state index in [-0.39, 0.29) is 11.0 Å². The molecule has 1 aliphatic carbocycles. The highest BCUT2D eigenvalue weighted by molar-refractivity contribution is 6.03. The summed E-state index contributed by atoms with van der Waals surface area (Å²) in [4.78, 5) is 12.3. The van der Waals surface area contributed by atoms with E-state index in [2.05, 4.69) is 19.9 Å². The molecule has 3 aromatic rings. The van der Waals surface area contributed by atoms with Gasteiger partial charge in [-0.1, -0.05) is 19.9 Å². The molecule has 0 spiro atoms. The number of benzene rings is 1. The van der Waals surface area contributed by atoms with Crippen molar-refractivity contribution in [3.63, 3.8) is 0 Å². The highest BCUT2D eigenvalue weighted by Crippen LogP contribution is 2.41. The van der Waals surface area contributed by atoms with Crippen LogP contribution >= 0.6 is 0 Å². The summed E-state index contributed by atoms with van der Waals surface area (Å²) >= 11 is 0. The molecule has 3 nitrogen and oxygen atoms in total. The smallest absolute Gasteiger partial charge is 0.347 e. The van der Waals surface area contributed by atoms with Gasteiger partial charge < -0.3 is 8.83 Å². The van der Waals surface area contributed by atoms with Gasteiger partial charge in [-0.15, -0.1) is 0 Å². The maximum atomic E-state index is 12.3. The Morgan fingerprint density at radius 3 is 2.81 bits per heavy atom. The molecule has 0 unspecified atom stereocenters. The van der Waals surface area contributed by atoms with Gasteiger partial charge in [-0.2, -0.15) is 0 Å². The second kappa shape index (κ2) is 4.00. The Morgan fingerprint density at radius 2 is 2.00 bits per heavy atom. The van der Waals surface area contributed by atoms with Crippen molar-refractivity contribution >= 4 is 21.9 Å². The highest BCUT2D eigenvalue weighted by atomic mass is 16.4. The first-order chi connectivity index (χ1) is 9.99. The molecule has 2 aromatic heterocycles. The van der Waals surface area contributed by atoms with Gasteiger partial charge in [0.1, 0.15) is 11.0 Å². The second-order valence-corrected chi connectivity index (χ2v) is 6.72. The van der Waals surface area contributed by atoms with Crippen LogP contribution in [-0.2, 0) is 11.8 Å². The predicted molar refractivity (Wildman–Crippen MR) is 83.0 cm³/mol. The van der Waals surface area contributed by atoms with E-state index < -0.39 is 0 Å². The minimum absolute atomic E-state index is 0.133. The van der Waals surface area contributed by atoms with Crippen molar-refractivity contribution in [2.75, 3.05) is 0 Å². The summed E-state index contributed by atoms with van der Waals surface area (Å²) in [7, 11) is 0. The monoisotopic (exact) mass is 282 g/mol. The molecule has 21 heavy (non-hydrogen) atoms. The van der Waals surface area contributed by atoms with Gasteiger partial charge in [-0.25, -0.2) is 4.79 Å². The number of hydrogen-bond donors (Lipinski definition) is 0. The number of aryl methyl sites for hydroxylation is 2. The van der Waals surface area contributed by atoms with Crippen LogP contribution in [0.3, 0.4) is 0 Å². The van der Waals surface area contributed by atoms with Gasteiger partial charge in [0, 0.05) is 5.56 Å². The van der Waals surface area contributed by atoms with Gasteiger partial charge in [-0.3, -0.25) is 0 Å². The molecule has 1 aromatic carbocycles. The van der Waals surface area contributed by atoms with E-state index in [1.54, 1.807) is 6.26 Å². The zero-order chi connectivity index (χ0) is 14.8. The van der Waals surface area contributed by atoms with Gasteiger partial charge in [0.05, 0.1) is 11.6 Å². The van der Waals surface area contributed by atoms with Gasteiger partial charge in [0.25, 0.3) is 0 Å². The van der Waals surface area contributed by atoms with Crippen molar-refractivity contribution in [1.82, 2.24) is 0 Å². The van der Waals surface area contributed by atoms with Gasteiger partial charge >= 0.3 is 5.63 Å². The maximum absolute atomic E-state index is 12.3. The topological polar surface area (TPSA) is 43.4 Å². The average Bonchev–Trinajstić information content (AvgIpc) is 2.82. The Hall–Kier alpha value is -2.03. The van der Waals surface area contributed by atoms with Crippen LogP contribution in [0.1, 0.15) is 43.4 Å². The molecule has 0 amide bonds. The third-order valence-electron chi connectivity index (χ3n) is 4.84. The summed E-state index contributed by atoms with van der Waals surface area (Å²) < 4.78 is 11.3. The number of rotatable bonds is 0. The average molecular weight is 282 g/mol. The first-order valence-corrected chi connectivity index (χ1v) is 7.46. The lowest BCUT2D eigenvalue weighted by atomic mass is 9.72. The van der Waals surface area contributed by atoms with Crippen molar-refractivity contribution < 1.29 is 8.83 Å². The molecule has 108 valence electrons. The van der Waals surface area contributed by atoms with E-state index in [1.807, 2.05) is 13.0 Å². The summed E-state index contributed by atoms with van der Waals surface area (Å²) in [5, 5.41) is 1.48. The largest absolute Gasteiger partial charge is 0.463 e. The minimum atomic E-state index is -0.291. The van der Waals surface area contributed by atoms with Gasteiger partial charge in [0.2, 0.25) is 0 Å². The van der Waals surface area contributed by atoms with E-state index in [9.17, 15) is 4.79 Å². The van der Waals surface area contributed by atoms with Crippen LogP contribution in [0.2, 0.25) is 0 Å². The fourth-order valence-corrected chi connectivity index (χ4v) is 3.69. The van der Waals surface area contributed by atoms with Crippen LogP contribution in [0.15, 0.2) is 32.0 Å². The summed E-state index contributed by atoms with van der Waals surface area (Å²) in [6, 6.07) is 4.21. The third-order valence-corrected chi connectivity index (χ3v) is 4.84. The molecule has 0 bridgehead atoms. The lowest BCUT2D eigenvalue weighted by molar-refractivity contribution is 0.429. The normalized spacial score (nSPS) is 17.3. The molecule has 0 atom stereocenters. The van der Waals surface area contributed by atoms with Crippen molar-refractivity contribution in [2.45, 2.75) is 45.4 Å². The molecule has 0 radical (unpaired) electrons. The SMILES string of the molecule is Cc1coc2c1c(=O)oc1c3c(ccc12)C(C)(C)CCC3. The quantitative estimate of drug-likeness (QED) is 0.572. The maximum Gasteiger partial charge on any atom is 0.347 e. The fraction of sp³-hybridized carbons (Fsp3) is 0.389. The van der Waals surface area contributed by atoms with Crippen molar-refractivity contribution in [2.24, 2.45) is 0 Å². The number of furan rings is 1.